The number of nitrogens with zero attached hydrogens (tertiary/aromatic N) is 3. The first-order valence-electron chi connectivity index (χ1n) is 5.34. The Hall–Kier alpha value is -2.61. The molecule has 0 aliphatic heterocycles. The fraction of sp³-hybridized carbons (Fsp3) is 0.154. The van der Waals surface area contributed by atoms with E-state index in [-0.39, 0.29) is 11.7 Å². The molecule has 5 nitrogen and oxygen atoms in total. The SMILES string of the molecule is CN(C(=O)c1ccco1)C(C#N)c1ccncc1. The van der Waals surface area contributed by atoms with Gasteiger partial charge in [0.1, 0.15) is 6.04 Å². The molecule has 0 aromatic carbocycles. The topological polar surface area (TPSA) is 70.1 Å². The van der Waals surface area contributed by atoms with Gasteiger partial charge >= 0.3 is 0 Å². The van der Waals surface area contributed by atoms with E-state index in [1.807, 2.05) is 0 Å². The Kier molecular flexibility index (Phi) is 3.39. The average Bonchev–Trinajstić information content (AvgIpc) is 2.94. The van der Waals surface area contributed by atoms with Crippen LogP contribution in [0.25, 0.3) is 0 Å². The summed E-state index contributed by atoms with van der Waals surface area (Å²) in [6.07, 6.45) is 4.60. The van der Waals surface area contributed by atoms with Gasteiger partial charge in [-0.15, -0.1) is 0 Å². The van der Waals surface area contributed by atoms with Crippen LogP contribution in [0.1, 0.15) is 22.2 Å². The summed E-state index contributed by atoms with van der Waals surface area (Å²) >= 11 is 0. The van der Waals surface area contributed by atoms with Crippen LogP contribution in [0.5, 0.6) is 0 Å². The third kappa shape index (κ3) is 2.23. The highest BCUT2D eigenvalue weighted by molar-refractivity contribution is 5.91. The van der Waals surface area contributed by atoms with Gasteiger partial charge in [0.2, 0.25) is 0 Å². The fourth-order valence-corrected chi connectivity index (χ4v) is 1.62. The van der Waals surface area contributed by atoms with E-state index in [0.717, 1.165) is 5.56 Å². The van der Waals surface area contributed by atoms with Crippen molar-refractivity contribution in [3.63, 3.8) is 0 Å². The largest absolute Gasteiger partial charge is 0.459 e. The zero-order chi connectivity index (χ0) is 13.0. The maximum absolute atomic E-state index is 12.0. The minimum absolute atomic E-state index is 0.215. The van der Waals surface area contributed by atoms with Crippen molar-refractivity contribution in [3.05, 3.63) is 54.2 Å². The molecule has 2 aromatic heterocycles. The molecule has 2 rings (SSSR count). The molecule has 0 spiro atoms. The lowest BCUT2D eigenvalue weighted by atomic mass is 10.1. The predicted octanol–water partition coefficient (Wildman–Crippen LogP) is 2.01. The van der Waals surface area contributed by atoms with E-state index in [1.165, 1.54) is 11.2 Å². The molecule has 0 aliphatic carbocycles. The summed E-state index contributed by atoms with van der Waals surface area (Å²) in [5.74, 6) is -0.116. The lowest BCUT2D eigenvalue weighted by molar-refractivity contribution is 0.0731. The van der Waals surface area contributed by atoms with Crippen molar-refractivity contribution in [2.24, 2.45) is 0 Å². The summed E-state index contributed by atoms with van der Waals surface area (Å²) in [4.78, 5) is 17.3. The number of carbonyl (C=O) groups excluding carboxylic acids is 1. The Balaban J connectivity index is 2.24. The summed E-state index contributed by atoms with van der Waals surface area (Å²) in [6.45, 7) is 0. The van der Waals surface area contributed by atoms with Crippen molar-refractivity contribution in [1.82, 2.24) is 9.88 Å². The number of pyridine rings is 1. The van der Waals surface area contributed by atoms with Crippen LogP contribution in [0.2, 0.25) is 0 Å². The second kappa shape index (κ2) is 5.15. The second-order valence-corrected chi connectivity index (χ2v) is 3.71. The van der Waals surface area contributed by atoms with Crippen LogP contribution < -0.4 is 0 Å². The normalized spacial score (nSPS) is 11.6. The number of furan rings is 1. The lowest BCUT2D eigenvalue weighted by Gasteiger charge is -2.21. The first-order chi connectivity index (χ1) is 8.74. The van der Waals surface area contributed by atoms with Gasteiger partial charge in [0, 0.05) is 19.4 Å². The van der Waals surface area contributed by atoms with Crippen LogP contribution in [0, 0.1) is 11.3 Å². The molecule has 1 amide bonds. The zero-order valence-electron chi connectivity index (χ0n) is 9.78. The minimum Gasteiger partial charge on any atom is -0.459 e. The Morgan fingerprint density at radius 2 is 2.17 bits per heavy atom. The van der Waals surface area contributed by atoms with E-state index in [9.17, 15) is 10.1 Å². The summed E-state index contributed by atoms with van der Waals surface area (Å²) in [6, 6.07) is 8.05. The van der Waals surface area contributed by atoms with Gasteiger partial charge in [-0.05, 0) is 29.8 Å². The molecular weight excluding hydrogens is 230 g/mol. The van der Waals surface area contributed by atoms with Crippen LogP contribution >= 0.6 is 0 Å². The summed E-state index contributed by atoms with van der Waals surface area (Å²) in [5.41, 5.74) is 0.718. The standard InChI is InChI=1S/C13H11N3O2/c1-16(13(17)12-3-2-8-18-12)11(9-14)10-4-6-15-7-5-10/h2-8,11H,1H3. The van der Waals surface area contributed by atoms with Gasteiger partial charge in [-0.25, -0.2) is 0 Å². The Morgan fingerprint density at radius 1 is 1.44 bits per heavy atom. The highest BCUT2D eigenvalue weighted by Gasteiger charge is 2.23. The van der Waals surface area contributed by atoms with E-state index >= 15 is 0 Å². The molecular formula is C13H11N3O2. The number of hydrogen-bond donors (Lipinski definition) is 0. The number of hydrogen-bond acceptors (Lipinski definition) is 4. The maximum atomic E-state index is 12.0. The lowest BCUT2D eigenvalue weighted by Crippen LogP contribution is -2.30. The average molecular weight is 241 g/mol. The molecule has 0 saturated heterocycles. The number of nitriles is 1. The van der Waals surface area contributed by atoms with E-state index in [0.29, 0.717) is 0 Å². The van der Waals surface area contributed by atoms with Crippen molar-refractivity contribution < 1.29 is 9.21 Å². The van der Waals surface area contributed by atoms with E-state index in [1.54, 1.807) is 43.7 Å². The molecule has 18 heavy (non-hydrogen) atoms. The molecule has 2 heterocycles. The molecule has 0 saturated carbocycles. The van der Waals surface area contributed by atoms with Crippen molar-refractivity contribution in [2.45, 2.75) is 6.04 Å². The Morgan fingerprint density at radius 3 is 2.72 bits per heavy atom. The monoisotopic (exact) mass is 241 g/mol. The maximum Gasteiger partial charge on any atom is 0.290 e. The van der Waals surface area contributed by atoms with Crippen LogP contribution in [0.15, 0.2) is 47.3 Å². The third-order valence-corrected chi connectivity index (χ3v) is 2.58. The number of carbonyl (C=O) groups is 1. The number of amides is 1. The predicted molar refractivity (Wildman–Crippen MR) is 63.4 cm³/mol. The molecule has 0 radical (unpaired) electrons. The number of rotatable bonds is 3. The number of aromatic nitrogens is 1. The van der Waals surface area contributed by atoms with Gasteiger partial charge in [-0.3, -0.25) is 9.78 Å². The van der Waals surface area contributed by atoms with Crippen molar-refractivity contribution in [2.75, 3.05) is 7.05 Å². The molecule has 1 atom stereocenters. The summed E-state index contributed by atoms with van der Waals surface area (Å²) < 4.78 is 5.03. The Labute approximate surface area is 104 Å². The smallest absolute Gasteiger partial charge is 0.290 e. The van der Waals surface area contributed by atoms with Gasteiger partial charge in [0.15, 0.2) is 5.76 Å². The van der Waals surface area contributed by atoms with Gasteiger partial charge in [-0.1, -0.05) is 0 Å². The van der Waals surface area contributed by atoms with Crippen LogP contribution in [0.3, 0.4) is 0 Å². The molecule has 1 unspecified atom stereocenters. The van der Waals surface area contributed by atoms with E-state index < -0.39 is 6.04 Å². The van der Waals surface area contributed by atoms with Crippen LogP contribution in [0.4, 0.5) is 0 Å². The highest BCUT2D eigenvalue weighted by atomic mass is 16.3. The molecule has 0 N–H and O–H groups in total. The molecule has 0 fully saturated rings. The van der Waals surface area contributed by atoms with E-state index in [2.05, 4.69) is 11.1 Å². The van der Waals surface area contributed by atoms with Gasteiger partial charge in [-0.2, -0.15) is 5.26 Å². The van der Waals surface area contributed by atoms with Crippen molar-refractivity contribution >= 4 is 5.91 Å². The fourth-order valence-electron chi connectivity index (χ4n) is 1.62. The Bertz CT molecular complexity index is 558. The molecule has 0 bridgehead atoms. The summed E-state index contributed by atoms with van der Waals surface area (Å²) in [7, 11) is 1.57. The highest BCUT2D eigenvalue weighted by Crippen LogP contribution is 2.19. The van der Waals surface area contributed by atoms with Crippen molar-refractivity contribution in [1.29, 1.82) is 5.26 Å². The van der Waals surface area contributed by atoms with Gasteiger partial charge in [0.25, 0.3) is 5.91 Å². The third-order valence-electron chi connectivity index (χ3n) is 2.58. The molecule has 2 aromatic rings. The quantitative estimate of drug-likeness (QED) is 0.824. The zero-order valence-corrected chi connectivity index (χ0v) is 9.78. The molecule has 0 aliphatic rings. The van der Waals surface area contributed by atoms with Crippen LogP contribution in [-0.2, 0) is 0 Å². The minimum atomic E-state index is -0.661. The summed E-state index contributed by atoms with van der Waals surface area (Å²) in [5, 5.41) is 9.20. The van der Waals surface area contributed by atoms with Crippen LogP contribution in [-0.4, -0.2) is 22.8 Å². The van der Waals surface area contributed by atoms with Gasteiger partial charge < -0.3 is 9.32 Å². The van der Waals surface area contributed by atoms with Crippen molar-refractivity contribution in [3.8, 4) is 6.07 Å². The first kappa shape index (κ1) is 11.9. The molecule has 90 valence electrons. The van der Waals surface area contributed by atoms with Gasteiger partial charge in [0.05, 0.1) is 12.3 Å². The first-order valence-corrected chi connectivity index (χ1v) is 5.34. The second-order valence-electron chi connectivity index (χ2n) is 3.71. The molecule has 5 heteroatoms. The van der Waals surface area contributed by atoms with E-state index in [4.69, 9.17) is 4.42 Å².